The van der Waals surface area contributed by atoms with Crippen LogP contribution in [0.4, 0.5) is 10.5 Å². The highest BCUT2D eigenvalue weighted by molar-refractivity contribution is 5.94. The van der Waals surface area contributed by atoms with Crippen LogP contribution in [-0.4, -0.2) is 54.2 Å². The first-order valence-corrected chi connectivity index (χ1v) is 11.4. The van der Waals surface area contributed by atoms with Crippen LogP contribution in [0, 0.1) is 0 Å². The van der Waals surface area contributed by atoms with Gasteiger partial charge >= 0.3 is 6.03 Å². The van der Waals surface area contributed by atoms with Crippen LogP contribution in [0.5, 0.6) is 5.75 Å². The molecule has 2 heterocycles. The van der Waals surface area contributed by atoms with Gasteiger partial charge in [0.15, 0.2) is 5.82 Å². The predicted octanol–water partition coefficient (Wildman–Crippen LogP) is 4.02. The number of carbonyl (C=O) groups is 2. The van der Waals surface area contributed by atoms with Gasteiger partial charge in [0.05, 0.1) is 19.1 Å². The van der Waals surface area contributed by atoms with Crippen LogP contribution in [0.25, 0.3) is 11.5 Å². The largest absolute Gasteiger partial charge is 0.495 e. The molecule has 0 saturated heterocycles. The first-order chi connectivity index (χ1) is 17.5. The molecule has 0 spiro atoms. The second-order valence-corrected chi connectivity index (χ2v) is 7.98. The average Bonchev–Trinajstić information content (AvgIpc) is 3.60. The van der Waals surface area contributed by atoms with Crippen molar-refractivity contribution in [2.75, 3.05) is 32.6 Å². The molecule has 0 unspecified atom stereocenters. The molecule has 186 valence electrons. The lowest BCUT2D eigenvalue weighted by Gasteiger charge is -2.18. The van der Waals surface area contributed by atoms with E-state index < -0.39 is 0 Å². The third-order valence-electron chi connectivity index (χ3n) is 5.47. The summed E-state index contributed by atoms with van der Waals surface area (Å²) in [5.74, 6) is 2.05. The number of aromatic nitrogens is 2. The van der Waals surface area contributed by atoms with Gasteiger partial charge in [-0.15, -0.1) is 0 Å². The maximum atomic E-state index is 12.5. The van der Waals surface area contributed by atoms with Crippen molar-refractivity contribution in [3.63, 3.8) is 0 Å². The molecule has 0 aliphatic heterocycles. The van der Waals surface area contributed by atoms with E-state index in [0.717, 1.165) is 5.76 Å². The van der Waals surface area contributed by atoms with Crippen molar-refractivity contribution in [1.82, 2.24) is 20.4 Å². The van der Waals surface area contributed by atoms with E-state index in [1.165, 1.54) is 4.90 Å². The quantitative estimate of drug-likeness (QED) is 0.345. The van der Waals surface area contributed by atoms with Crippen molar-refractivity contribution in [2.45, 2.75) is 12.8 Å². The lowest BCUT2D eigenvalue weighted by molar-refractivity contribution is 0.0953. The third kappa shape index (κ3) is 6.29. The lowest BCUT2D eigenvalue weighted by Crippen LogP contribution is -2.33. The molecule has 0 saturated carbocycles. The SMILES string of the molecule is COc1ccccc1NC(=O)N(C)CCc1noc(-c2ccc(C(=O)NCCc3ccco3)cc2)n1. The summed E-state index contributed by atoms with van der Waals surface area (Å²) in [4.78, 5) is 30.8. The van der Waals surface area contributed by atoms with E-state index in [1.54, 1.807) is 56.8 Å². The zero-order valence-electron chi connectivity index (χ0n) is 20.1. The lowest BCUT2D eigenvalue weighted by atomic mass is 10.1. The summed E-state index contributed by atoms with van der Waals surface area (Å²) in [7, 11) is 3.24. The zero-order valence-corrected chi connectivity index (χ0v) is 20.1. The van der Waals surface area contributed by atoms with Crippen LogP contribution >= 0.6 is 0 Å². The number of methoxy groups -OCH3 is 1. The average molecular weight is 490 g/mol. The molecule has 0 radical (unpaired) electrons. The minimum atomic E-state index is -0.277. The fourth-order valence-electron chi connectivity index (χ4n) is 3.42. The Balaban J connectivity index is 1.26. The zero-order chi connectivity index (χ0) is 25.3. The predicted molar refractivity (Wildman–Crippen MR) is 133 cm³/mol. The van der Waals surface area contributed by atoms with Gasteiger partial charge in [-0.2, -0.15) is 4.98 Å². The topological polar surface area (TPSA) is 123 Å². The Bertz CT molecular complexity index is 1280. The molecule has 4 aromatic rings. The second kappa shape index (κ2) is 11.7. The Labute approximate surface area is 208 Å². The maximum absolute atomic E-state index is 12.5. The number of nitrogens with one attached hydrogen (secondary N) is 2. The molecule has 0 atom stereocenters. The Morgan fingerprint density at radius 1 is 1.03 bits per heavy atom. The van der Waals surface area contributed by atoms with Crippen LogP contribution in [0.15, 0.2) is 75.9 Å². The van der Waals surface area contributed by atoms with Crippen molar-refractivity contribution in [3.05, 3.63) is 84.1 Å². The first kappa shape index (κ1) is 24.5. The van der Waals surface area contributed by atoms with Gasteiger partial charge in [-0.3, -0.25) is 4.79 Å². The number of furan rings is 1. The van der Waals surface area contributed by atoms with E-state index in [-0.39, 0.29) is 11.9 Å². The molecule has 0 aliphatic carbocycles. The summed E-state index contributed by atoms with van der Waals surface area (Å²) in [6, 6.07) is 17.5. The van der Waals surface area contributed by atoms with Crippen LogP contribution in [0.2, 0.25) is 0 Å². The van der Waals surface area contributed by atoms with Gasteiger partial charge in [0.25, 0.3) is 11.8 Å². The van der Waals surface area contributed by atoms with Gasteiger partial charge in [0.1, 0.15) is 11.5 Å². The summed E-state index contributed by atoms with van der Waals surface area (Å²) in [5.41, 5.74) is 1.82. The number of hydrogen-bond donors (Lipinski definition) is 2. The van der Waals surface area contributed by atoms with Crippen molar-refractivity contribution in [2.24, 2.45) is 0 Å². The minimum Gasteiger partial charge on any atom is -0.495 e. The Morgan fingerprint density at radius 3 is 2.58 bits per heavy atom. The molecular weight excluding hydrogens is 462 g/mol. The number of likely N-dealkylation sites (N-methyl/N-ethyl adjacent to an activating group) is 1. The summed E-state index contributed by atoms with van der Waals surface area (Å²) in [6.45, 7) is 0.865. The number of para-hydroxylation sites is 2. The molecule has 2 aromatic carbocycles. The van der Waals surface area contributed by atoms with Gasteiger partial charge in [-0.25, -0.2) is 4.79 Å². The van der Waals surface area contributed by atoms with Crippen molar-refractivity contribution in [3.8, 4) is 17.2 Å². The number of rotatable bonds is 10. The van der Waals surface area contributed by atoms with Crippen LogP contribution in [-0.2, 0) is 12.8 Å². The molecule has 2 N–H and O–H groups in total. The molecule has 36 heavy (non-hydrogen) atoms. The van der Waals surface area contributed by atoms with E-state index in [4.69, 9.17) is 13.7 Å². The Morgan fingerprint density at radius 2 is 1.83 bits per heavy atom. The third-order valence-corrected chi connectivity index (χ3v) is 5.47. The number of carbonyl (C=O) groups excluding carboxylic acids is 2. The van der Waals surface area contributed by atoms with Gasteiger partial charge < -0.3 is 29.2 Å². The molecular formula is C26H27N5O5. The maximum Gasteiger partial charge on any atom is 0.321 e. The Hall–Kier alpha value is -4.60. The van der Waals surface area contributed by atoms with Crippen molar-refractivity contribution in [1.29, 1.82) is 0 Å². The van der Waals surface area contributed by atoms with Crippen molar-refractivity contribution < 1.29 is 23.3 Å². The number of ether oxygens (including phenoxy) is 1. The van der Waals surface area contributed by atoms with Gasteiger partial charge in [0, 0.05) is 44.1 Å². The normalized spacial score (nSPS) is 10.6. The first-order valence-electron chi connectivity index (χ1n) is 11.4. The summed E-state index contributed by atoms with van der Waals surface area (Å²) in [5, 5.41) is 9.69. The highest BCUT2D eigenvalue weighted by Gasteiger charge is 2.15. The van der Waals surface area contributed by atoms with Gasteiger partial charge in [-0.05, 0) is 48.5 Å². The fraction of sp³-hybridized carbons (Fsp3) is 0.231. The second-order valence-electron chi connectivity index (χ2n) is 7.98. The molecule has 4 rings (SSSR count). The number of nitrogens with zero attached hydrogens (tertiary/aromatic N) is 3. The standard InChI is InChI=1S/C26H27N5O5/c1-31(26(33)28-21-7-3-4-8-22(21)34-2)16-14-23-29-25(36-30-23)19-11-9-18(10-12-19)24(32)27-15-13-20-6-5-17-35-20/h3-12,17H,13-16H2,1-2H3,(H,27,32)(H,28,33). The van der Waals surface area contributed by atoms with E-state index in [9.17, 15) is 9.59 Å². The number of anilines is 1. The smallest absolute Gasteiger partial charge is 0.321 e. The van der Waals surface area contributed by atoms with E-state index >= 15 is 0 Å². The number of amides is 3. The Kier molecular flexibility index (Phi) is 7.97. The summed E-state index contributed by atoms with van der Waals surface area (Å²) >= 11 is 0. The molecule has 10 heteroatoms. The van der Waals surface area contributed by atoms with Crippen LogP contribution < -0.4 is 15.4 Å². The molecule has 3 amide bonds. The number of benzene rings is 2. The highest BCUT2D eigenvalue weighted by atomic mass is 16.5. The van der Waals surface area contributed by atoms with E-state index in [1.807, 2.05) is 24.3 Å². The summed E-state index contributed by atoms with van der Waals surface area (Å²) < 4.78 is 15.9. The molecule has 0 bridgehead atoms. The van der Waals surface area contributed by atoms with Gasteiger partial charge in [-0.1, -0.05) is 17.3 Å². The highest BCUT2D eigenvalue weighted by Crippen LogP contribution is 2.23. The van der Waals surface area contributed by atoms with Crippen LogP contribution in [0.3, 0.4) is 0 Å². The van der Waals surface area contributed by atoms with Gasteiger partial charge in [0.2, 0.25) is 0 Å². The fourth-order valence-corrected chi connectivity index (χ4v) is 3.42. The van der Waals surface area contributed by atoms with Crippen molar-refractivity contribution >= 4 is 17.6 Å². The molecule has 0 fully saturated rings. The number of hydrogen-bond acceptors (Lipinski definition) is 7. The molecule has 10 nitrogen and oxygen atoms in total. The van der Waals surface area contributed by atoms with E-state index in [2.05, 4.69) is 20.8 Å². The minimum absolute atomic E-state index is 0.172. The van der Waals surface area contributed by atoms with Crippen LogP contribution in [0.1, 0.15) is 21.9 Å². The molecule has 2 aromatic heterocycles. The summed E-state index contributed by atoms with van der Waals surface area (Å²) in [6.07, 6.45) is 2.64. The molecule has 0 aliphatic rings. The number of urea groups is 1. The van der Waals surface area contributed by atoms with E-state index in [0.29, 0.717) is 60.2 Å². The monoisotopic (exact) mass is 489 g/mol.